The van der Waals surface area contributed by atoms with Crippen molar-refractivity contribution in [1.29, 1.82) is 0 Å². The number of halogens is 1. The van der Waals surface area contributed by atoms with E-state index in [4.69, 9.17) is 22.1 Å². The molecule has 2 aromatic rings. The zero-order chi connectivity index (χ0) is 14.7. The molecule has 0 aliphatic heterocycles. The molecule has 0 aliphatic rings. The van der Waals surface area contributed by atoms with E-state index < -0.39 is 12.0 Å². The summed E-state index contributed by atoms with van der Waals surface area (Å²) in [6, 6.07) is 11.6. The maximum atomic E-state index is 11.3. The molecule has 0 heterocycles. The molecule has 2 aromatic carbocycles. The van der Waals surface area contributed by atoms with Crippen LogP contribution in [0.25, 0.3) is 0 Å². The molecular weight excluding hydrogens is 278 g/mol. The number of aliphatic hydroxyl groups excluding tert-OH is 1. The fraction of sp³-hybridized carbons (Fsp3) is 0.133. The van der Waals surface area contributed by atoms with E-state index in [2.05, 4.69) is 0 Å². The van der Waals surface area contributed by atoms with E-state index in [0.29, 0.717) is 22.1 Å². The Kier molecular flexibility index (Phi) is 4.27. The minimum absolute atomic E-state index is 0.281. The number of ether oxygens (including phenoxy) is 1. The van der Waals surface area contributed by atoms with Gasteiger partial charge >= 0.3 is 0 Å². The molecule has 0 aromatic heterocycles. The Labute approximate surface area is 121 Å². The zero-order valence-electron chi connectivity index (χ0n) is 10.8. The van der Waals surface area contributed by atoms with Crippen LogP contribution < -0.4 is 10.5 Å². The molecule has 20 heavy (non-hydrogen) atoms. The second-order valence-electron chi connectivity index (χ2n) is 4.33. The van der Waals surface area contributed by atoms with Gasteiger partial charge in [-0.05, 0) is 36.8 Å². The van der Waals surface area contributed by atoms with Crippen LogP contribution in [0.3, 0.4) is 0 Å². The number of hydrogen-bond donors (Lipinski definition) is 2. The van der Waals surface area contributed by atoms with E-state index in [9.17, 15) is 9.90 Å². The lowest BCUT2D eigenvalue weighted by molar-refractivity contribution is 0.0998. The van der Waals surface area contributed by atoms with Gasteiger partial charge in [0.05, 0.1) is 16.7 Å². The molecule has 0 bridgehead atoms. The first-order valence-electron chi connectivity index (χ1n) is 6.03. The van der Waals surface area contributed by atoms with E-state index in [1.165, 1.54) is 0 Å². The third-order valence-electron chi connectivity index (χ3n) is 2.81. The number of nitrogens with two attached hydrogens (primary N) is 1. The highest BCUT2D eigenvalue weighted by Gasteiger charge is 2.12. The third-order valence-corrected chi connectivity index (χ3v) is 3.11. The Morgan fingerprint density at radius 1 is 1.25 bits per heavy atom. The van der Waals surface area contributed by atoms with Gasteiger partial charge in [0.15, 0.2) is 0 Å². The fourth-order valence-electron chi connectivity index (χ4n) is 1.74. The molecule has 0 aliphatic carbocycles. The van der Waals surface area contributed by atoms with E-state index in [0.717, 1.165) is 0 Å². The standard InChI is InChI=1S/C15H14ClNO3/c1-9(18)10-6-7-14(12(16)8-10)20-13-5-3-2-4-11(13)15(17)19/h2-9,18H,1H3,(H2,17,19)/t9-/m0/s1. The van der Waals surface area contributed by atoms with Gasteiger partial charge in [-0.15, -0.1) is 0 Å². The smallest absolute Gasteiger partial charge is 0.252 e. The van der Waals surface area contributed by atoms with Gasteiger partial charge in [0.1, 0.15) is 11.5 Å². The summed E-state index contributed by atoms with van der Waals surface area (Å²) < 4.78 is 5.62. The lowest BCUT2D eigenvalue weighted by Gasteiger charge is -2.12. The number of carbonyl (C=O) groups excluding carboxylic acids is 1. The molecule has 0 fully saturated rings. The molecule has 0 unspecified atom stereocenters. The summed E-state index contributed by atoms with van der Waals surface area (Å²) in [5.74, 6) is 0.161. The van der Waals surface area contributed by atoms with Gasteiger partial charge in [0.2, 0.25) is 0 Å². The van der Waals surface area contributed by atoms with Crippen LogP contribution >= 0.6 is 11.6 Å². The van der Waals surface area contributed by atoms with Gasteiger partial charge in [0, 0.05) is 0 Å². The Balaban J connectivity index is 2.33. The molecule has 5 heteroatoms. The number of rotatable bonds is 4. The molecule has 1 amide bonds. The first-order chi connectivity index (χ1) is 9.49. The number of amides is 1. The molecule has 1 atom stereocenters. The predicted octanol–water partition coefficient (Wildman–Crippen LogP) is 3.28. The summed E-state index contributed by atoms with van der Waals surface area (Å²) in [6.45, 7) is 1.65. The Morgan fingerprint density at radius 2 is 1.95 bits per heavy atom. The van der Waals surface area contributed by atoms with Gasteiger partial charge in [-0.1, -0.05) is 29.8 Å². The number of para-hydroxylation sites is 1. The summed E-state index contributed by atoms with van der Waals surface area (Å²) in [7, 11) is 0. The molecule has 2 rings (SSSR count). The molecule has 3 N–H and O–H groups in total. The van der Waals surface area contributed by atoms with Gasteiger partial charge in [-0.2, -0.15) is 0 Å². The highest BCUT2D eigenvalue weighted by Crippen LogP contribution is 2.33. The van der Waals surface area contributed by atoms with Crippen molar-refractivity contribution >= 4 is 17.5 Å². The van der Waals surface area contributed by atoms with Crippen molar-refractivity contribution in [1.82, 2.24) is 0 Å². The topological polar surface area (TPSA) is 72.6 Å². The molecular formula is C15H14ClNO3. The van der Waals surface area contributed by atoms with Crippen molar-refractivity contribution in [2.75, 3.05) is 0 Å². The zero-order valence-corrected chi connectivity index (χ0v) is 11.6. The van der Waals surface area contributed by atoms with Gasteiger partial charge < -0.3 is 15.6 Å². The van der Waals surface area contributed by atoms with Crippen molar-refractivity contribution in [3.8, 4) is 11.5 Å². The number of carbonyl (C=O) groups is 1. The minimum atomic E-state index is -0.612. The average Bonchev–Trinajstić information content (AvgIpc) is 2.41. The minimum Gasteiger partial charge on any atom is -0.455 e. The number of aliphatic hydroxyl groups is 1. The number of hydrogen-bond acceptors (Lipinski definition) is 3. The Bertz CT molecular complexity index is 641. The van der Waals surface area contributed by atoms with Gasteiger partial charge in [-0.3, -0.25) is 4.79 Å². The summed E-state index contributed by atoms with van der Waals surface area (Å²) in [4.78, 5) is 11.3. The van der Waals surface area contributed by atoms with Crippen LogP contribution in [0, 0.1) is 0 Å². The van der Waals surface area contributed by atoms with Gasteiger partial charge in [0.25, 0.3) is 5.91 Å². The monoisotopic (exact) mass is 291 g/mol. The van der Waals surface area contributed by atoms with Crippen LogP contribution in [0.5, 0.6) is 11.5 Å². The third kappa shape index (κ3) is 3.10. The van der Waals surface area contributed by atoms with Crippen LogP contribution in [-0.2, 0) is 0 Å². The first kappa shape index (κ1) is 14.4. The van der Waals surface area contributed by atoms with Gasteiger partial charge in [-0.25, -0.2) is 0 Å². The summed E-state index contributed by atoms with van der Waals surface area (Å²) in [5, 5.41) is 9.83. The lowest BCUT2D eigenvalue weighted by atomic mass is 10.1. The summed E-state index contributed by atoms with van der Waals surface area (Å²) in [6.07, 6.45) is -0.612. The lowest BCUT2D eigenvalue weighted by Crippen LogP contribution is -2.12. The summed E-state index contributed by atoms with van der Waals surface area (Å²) >= 11 is 6.10. The predicted molar refractivity (Wildman–Crippen MR) is 77.1 cm³/mol. The normalized spacial score (nSPS) is 11.9. The number of benzene rings is 2. The van der Waals surface area contributed by atoms with Crippen LogP contribution in [0.2, 0.25) is 5.02 Å². The molecule has 104 valence electrons. The van der Waals surface area contributed by atoms with Crippen molar-refractivity contribution in [3.63, 3.8) is 0 Å². The highest BCUT2D eigenvalue weighted by molar-refractivity contribution is 6.32. The average molecular weight is 292 g/mol. The van der Waals surface area contributed by atoms with Crippen LogP contribution in [-0.4, -0.2) is 11.0 Å². The van der Waals surface area contributed by atoms with Crippen LogP contribution in [0.15, 0.2) is 42.5 Å². The Morgan fingerprint density at radius 3 is 2.55 bits per heavy atom. The van der Waals surface area contributed by atoms with Crippen molar-refractivity contribution in [2.45, 2.75) is 13.0 Å². The molecule has 0 radical (unpaired) electrons. The summed E-state index contributed by atoms with van der Waals surface area (Å²) in [5.41, 5.74) is 6.25. The molecule has 0 saturated carbocycles. The largest absolute Gasteiger partial charge is 0.455 e. The first-order valence-corrected chi connectivity index (χ1v) is 6.41. The highest BCUT2D eigenvalue weighted by atomic mass is 35.5. The van der Waals surface area contributed by atoms with E-state index in [-0.39, 0.29) is 5.56 Å². The second-order valence-corrected chi connectivity index (χ2v) is 4.74. The number of primary amides is 1. The SMILES string of the molecule is C[C@H](O)c1ccc(Oc2ccccc2C(N)=O)c(Cl)c1. The van der Waals surface area contributed by atoms with Crippen molar-refractivity contribution in [3.05, 3.63) is 58.6 Å². The maximum Gasteiger partial charge on any atom is 0.252 e. The molecule has 4 nitrogen and oxygen atoms in total. The van der Waals surface area contributed by atoms with E-state index in [1.54, 1.807) is 49.4 Å². The van der Waals surface area contributed by atoms with E-state index in [1.807, 2.05) is 0 Å². The van der Waals surface area contributed by atoms with E-state index >= 15 is 0 Å². The maximum absolute atomic E-state index is 11.3. The van der Waals surface area contributed by atoms with Crippen LogP contribution in [0.4, 0.5) is 0 Å². The van der Waals surface area contributed by atoms with Crippen LogP contribution in [0.1, 0.15) is 28.9 Å². The molecule has 0 spiro atoms. The second kappa shape index (κ2) is 5.94. The fourth-order valence-corrected chi connectivity index (χ4v) is 1.96. The quantitative estimate of drug-likeness (QED) is 0.908. The van der Waals surface area contributed by atoms with Crippen molar-refractivity contribution < 1.29 is 14.6 Å². The Hall–Kier alpha value is -2.04. The molecule has 0 saturated heterocycles. The van der Waals surface area contributed by atoms with Crippen molar-refractivity contribution in [2.24, 2.45) is 5.73 Å².